The van der Waals surface area contributed by atoms with E-state index in [2.05, 4.69) is 61.1 Å². The Morgan fingerprint density at radius 1 is 1.43 bits per heavy atom. The minimum atomic E-state index is 0.310. The van der Waals surface area contributed by atoms with Crippen molar-refractivity contribution in [2.24, 2.45) is 5.92 Å². The lowest BCUT2D eigenvalue weighted by Gasteiger charge is -2.30. The number of morpholine rings is 1. The normalized spacial score (nSPS) is 21.9. The third-order valence-corrected chi connectivity index (χ3v) is 4.17. The first-order chi connectivity index (χ1) is 10.1. The van der Waals surface area contributed by atoms with Gasteiger partial charge in [-0.15, -0.1) is 0 Å². The van der Waals surface area contributed by atoms with Crippen LogP contribution in [0.1, 0.15) is 38.8 Å². The minimum Gasteiger partial charge on any atom is -0.374 e. The number of rotatable bonds is 7. The van der Waals surface area contributed by atoms with E-state index >= 15 is 0 Å². The zero-order valence-corrected chi connectivity index (χ0v) is 14.0. The number of ether oxygens (including phenoxy) is 1. The summed E-state index contributed by atoms with van der Waals surface area (Å²) < 4.78 is 8.14. The first-order valence-corrected chi connectivity index (χ1v) is 8.29. The molecule has 0 aliphatic carbocycles. The van der Waals surface area contributed by atoms with Crippen LogP contribution in [0.15, 0.2) is 18.5 Å². The highest BCUT2D eigenvalue weighted by Crippen LogP contribution is 2.22. The average molecular weight is 293 g/mol. The van der Waals surface area contributed by atoms with Gasteiger partial charge in [0.2, 0.25) is 0 Å². The predicted molar refractivity (Wildman–Crippen MR) is 87.5 cm³/mol. The summed E-state index contributed by atoms with van der Waals surface area (Å²) in [4.78, 5) is 2.35. The third-order valence-electron chi connectivity index (χ3n) is 4.17. The van der Waals surface area contributed by atoms with Crippen LogP contribution in [0.5, 0.6) is 0 Å². The van der Waals surface area contributed by atoms with Crippen LogP contribution < -0.4 is 5.32 Å². The van der Waals surface area contributed by atoms with Crippen LogP contribution >= 0.6 is 0 Å². The summed E-state index contributed by atoms with van der Waals surface area (Å²) in [6, 6.07) is 2.70. The van der Waals surface area contributed by atoms with Crippen LogP contribution in [0.3, 0.4) is 0 Å². The summed E-state index contributed by atoms with van der Waals surface area (Å²) in [6.07, 6.45) is 5.96. The fraction of sp³-hybridized carbons (Fsp3) is 0.765. The summed E-state index contributed by atoms with van der Waals surface area (Å²) in [5, 5.41) is 3.66. The zero-order valence-electron chi connectivity index (χ0n) is 14.0. The molecule has 1 fully saturated rings. The Kier molecular flexibility index (Phi) is 6.27. The Labute approximate surface area is 129 Å². The van der Waals surface area contributed by atoms with E-state index in [1.807, 2.05) is 0 Å². The second-order valence-corrected chi connectivity index (χ2v) is 6.57. The first-order valence-electron chi connectivity index (χ1n) is 8.29. The molecule has 0 saturated carbocycles. The molecule has 120 valence electrons. The Morgan fingerprint density at radius 3 is 2.90 bits per heavy atom. The van der Waals surface area contributed by atoms with Gasteiger partial charge in [-0.05, 0) is 37.6 Å². The lowest BCUT2D eigenvalue weighted by molar-refractivity contribution is -0.0274. The maximum Gasteiger partial charge on any atom is 0.0880 e. The molecule has 21 heavy (non-hydrogen) atoms. The lowest BCUT2D eigenvalue weighted by atomic mass is 9.98. The molecular formula is C17H31N3O. The van der Waals surface area contributed by atoms with Gasteiger partial charge in [-0.3, -0.25) is 0 Å². The van der Waals surface area contributed by atoms with Gasteiger partial charge >= 0.3 is 0 Å². The van der Waals surface area contributed by atoms with Crippen LogP contribution in [-0.2, 0) is 11.3 Å². The molecule has 1 N–H and O–H groups in total. The topological polar surface area (TPSA) is 29.4 Å². The maximum absolute atomic E-state index is 5.86. The quantitative estimate of drug-likeness (QED) is 0.837. The highest BCUT2D eigenvalue weighted by molar-refractivity contribution is 5.16. The highest BCUT2D eigenvalue weighted by Gasteiger charge is 2.19. The van der Waals surface area contributed by atoms with Crippen LogP contribution in [-0.4, -0.2) is 48.9 Å². The fourth-order valence-electron chi connectivity index (χ4n) is 3.01. The van der Waals surface area contributed by atoms with Gasteiger partial charge < -0.3 is 19.5 Å². The molecule has 0 radical (unpaired) electrons. The van der Waals surface area contributed by atoms with Gasteiger partial charge in [0, 0.05) is 38.1 Å². The number of hydrogen-bond donors (Lipinski definition) is 1. The number of likely N-dealkylation sites (N-methyl/N-ethyl adjacent to an activating group) is 1. The Hall–Kier alpha value is -0.840. The van der Waals surface area contributed by atoms with Gasteiger partial charge in [0.15, 0.2) is 0 Å². The van der Waals surface area contributed by atoms with Crippen molar-refractivity contribution in [2.45, 2.75) is 45.9 Å². The van der Waals surface area contributed by atoms with E-state index in [9.17, 15) is 0 Å². The van der Waals surface area contributed by atoms with E-state index < -0.39 is 0 Å². The van der Waals surface area contributed by atoms with Crippen molar-refractivity contribution in [2.75, 3.05) is 33.3 Å². The predicted octanol–water partition coefficient (Wildman–Crippen LogP) is 2.52. The van der Waals surface area contributed by atoms with Gasteiger partial charge in [0.1, 0.15) is 0 Å². The SMILES string of the molecule is CCCNC(c1ccn(CC2CN(C)CCO2)c1)C(C)C. The number of hydrogen-bond acceptors (Lipinski definition) is 3. The molecule has 2 rings (SSSR count). The smallest absolute Gasteiger partial charge is 0.0880 e. The van der Waals surface area contributed by atoms with E-state index in [0.29, 0.717) is 18.1 Å². The van der Waals surface area contributed by atoms with Gasteiger partial charge in [0.05, 0.1) is 12.7 Å². The molecule has 1 aromatic rings. The molecule has 0 aromatic carbocycles. The molecular weight excluding hydrogens is 262 g/mol. The summed E-state index contributed by atoms with van der Waals surface area (Å²) in [5.41, 5.74) is 1.39. The number of nitrogens with one attached hydrogen (secondary N) is 1. The van der Waals surface area contributed by atoms with E-state index in [1.165, 1.54) is 12.0 Å². The molecule has 2 unspecified atom stereocenters. The Balaban J connectivity index is 1.95. The second kappa shape index (κ2) is 7.97. The molecule has 4 heteroatoms. The van der Waals surface area contributed by atoms with Crippen molar-refractivity contribution >= 4 is 0 Å². The lowest BCUT2D eigenvalue weighted by Crippen LogP contribution is -2.41. The summed E-state index contributed by atoms with van der Waals surface area (Å²) in [6.45, 7) is 11.7. The van der Waals surface area contributed by atoms with Crippen molar-refractivity contribution < 1.29 is 4.74 Å². The summed E-state index contributed by atoms with van der Waals surface area (Å²) >= 11 is 0. The van der Waals surface area contributed by atoms with Gasteiger partial charge in [-0.1, -0.05) is 20.8 Å². The van der Waals surface area contributed by atoms with Gasteiger partial charge in [0.25, 0.3) is 0 Å². The second-order valence-electron chi connectivity index (χ2n) is 6.57. The molecule has 2 atom stereocenters. The highest BCUT2D eigenvalue weighted by atomic mass is 16.5. The number of aromatic nitrogens is 1. The van der Waals surface area contributed by atoms with E-state index in [4.69, 9.17) is 4.74 Å². The standard InChI is InChI=1S/C17H31N3O/c1-5-7-18-17(14(2)3)15-6-8-20(11-15)13-16-12-19(4)9-10-21-16/h6,8,11,14,16-18H,5,7,9-10,12-13H2,1-4H3. The average Bonchev–Trinajstić information content (AvgIpc) is 2.87. The molecule has 0 amide bonds. The van der Waals surface area contributed by atoms with Crippen molar-refractivity contribution in [1.29, 1.82) is 0 Å². The van der Waals surface area contributed by atoms with Crippen LogP contribution in [0, 0.1) is 5.92 Å². The van der Waals surface area contributed by atoms with Crippen molar-refractivity contribution in [1.82, 2.24) is 14.8 Å². The molecule has 0 spiro atoms. The van der Waals surface area contributed by atoms with Crippen LogP contribution in [0.4, 0.5) is 0 Å². The molecule has 1 aromatic heterocycles. The minimum absolute atomic E-state index is 0.310. The van der Waals surface area contributed by atoms with Gasteiger partial charge in [-0.25, -0.2) is 0 Å². The Bertz CT molecular complexity index is 416. The monoisotopic (exact) mass is 293 g/mol. The van der Waals surface area contributed by atoms with Crippen molar-refractivity contribution in [3.05, 3.63) is 24.0 Å². The molecule has 4 nitrogen and oxygen atoms in total. The molecule has 0 bridgehead atoms. The van der Waals surface area contributed by atoms with E-state index in [-0.39, 0.29) is 0 Å². The first kappa shape index (κ1) is 16.5. The number of nitrogens with zero attached hydrogens (tertiary/aromatic N) is 2. The largest absolute Gasteiger partial charge is 0.374 e. The fourth-order valence-corrected chi connectivity index (χ4v) is 3.01. The molecule has 1 aliphatic rings. The van der Waals surface area contributed by atoms with Crippen LogP contribution in [0.2, 0.25) is 0 Å². The van der Waals surface area contributed by atoms with E-state index in [0.717, 1.165) is 32.8 Å². The third kappa shape index (κ3) is 4.83. The molecule has 1 aliphatic heterocycles. The summed E-state index contributed by atoms with van der Waals surface area (Å²) in [5.74, 6) is 0.601. The molecule has 1 saturated heterocycles. The maximum atomic E-state index is 5.86. The van der Waals surface area contributed by atoms with Crippen LogP contribution in [0.25, 0.3) is 0 Å². The van der Waals surface area contributed by atoms with Crippen molar-refractivity contribution in [3.8, 4) is 0 Å². The molecule has 2 heterocycles. The van der Waals surface area contributed by atoms with Crippen molar-refractivity contribution in [3.63, 3.8) is 0 Å². The summed E-state index contributed by atoms with van der Waals surface area (Å²) in [7, 11) is 2.17. The zero-order chi connectivity index (χ0) is 15.2. The Morgan fingerprint density at radius 2 is 2.24 bits per heavy atom. The van der Waals surface area contributed by atoms with Gasteiger partial charge in [-0.2, -0.15) is 0 Å². The van der Waals surface area contributed by atoms with E-state index in [1.54, 1.807) is 0 Å².